The molecule has 0 aliphatic carbocycles. The smallest absolute Gasteiger partial charge is 0.259 e. The van der Waals surface area contributed by atoms with Crippen LogP contribution in [-0.4, -0.2) is 11.0 Å². The highest BCUT2D eigenvalue weighted by atomic mass is 79.9. The molecule has 0 atom stereocenters. The number of carbonyl (C=O) groups excluding carboxylic acids is 1. The van der Waals surface area contributed by atoms with E-state index < -0.39 is 5.91 Å². The normalized spacial score (nSPS) is 10.4. The molecule has 0 heterocycles. The standard InChI is InChI=1S/C13H7Br4NO2/c14-6-1-2-11(9(16)4-6)18-13(20)8-3-7(15)5-10(17)12(8)19/h1-5,19H,(H,18,20). The predicted octanol–water partition coefficient (Wildman–Crippen LogP) is 5.69. The fourth-order valence-corrected chi connectivity index (χ4v) is 3.89. The molecule has 0 aliphatic heterocycles. The third-order valence-electron chi connectivity index (χ3n) is 2.45. The van der Waals surface area contributed by atoms with E-state index in [0.29, 0.717) is 14.6 Å². The Kier molecular flexibility index (Phi) is 5.28. The highest BCUT2D eigenvalue weighted by molar-refractivity contribution is 9.11. The first-order valence-corrected chi connectivity index (χ1v) is 8.50. The van der Waals surface area contributed by atoms with Gasteiger partial charge in [0, 0.05) is 13.4 Å². The highest BCUT2D eigenvalue weighted by Gasteiger charge is 2.16. The van der Waals surface area contributed by atoms with Crippen LogP contribution in [0.5, 0.6) is 5.75 Å². The fourth-order valence-electron chi connectivity index (χ4n) is 1.52. The monoisotopic (exact) mass is 525 g/mol. The van der Waals surface area contributed by atoms with E-state index in [-0.39, 0.29) is 11.3 Å². The molecule has 0 aromatic heterocycles. The summed E-state index contributed by atoms with van der Waals surface area (Å²) in [7, 11) is 0. The third kappa shape index (κ3) is 3.63. The van der Waals surface area contributed by atoms with Gasteiger partial charge in [0.25, 0.3) is 5.91 Å². The van der Waals surface area contributed by atoms with Crippen LogP contribution in [0.1, 0.15) is 10.4 Å². The van der Waals surface area contributed by atoms with Gasteiger partial charge >= 0.3 is 0 Å². The molecule has 0 saturated heterocycles. The van der Waals surface area contributed by atoms with Crippen LogP contribution >= 0.6 is 63.7 Å². The van der Waals surface area contributed by atoms with Crippen molar-refractivity contribution in [2.24, 2.45) is 0 Å². The summed E-state index contributed by atoms with van der Waals surface area (Å²) in [6.45, 7) is 0. The van der Waals surface area contributed by atoms with Gasteiger partial charge in [-0.3, -0.25) is 4.79 Å². The second-order valence-corrected chi connectivity index (χ2v) is 7.40. The van der Waals surface area contributed by atoms with Crippen LogP contribution in [0.4, 0.5) is 5.69 Å². The van der Waals surface area contributed by atoms with E-state index >= 15 is 0 Å². The first-order chi connectivity index (χ1) is 9.38. The first kappa shape index (κ1) is 16.0. The van der Waals surface area contributed by atoms with Crippen molar-refractivity contribution in [1.29, 1.82) is 0 Å². The van der Waals surface area contributed by atoms with Crippen molar-refractivity contribution in [3.8, 4) is 5.75 Å². The van der Waals surface area contributed by atoms with Gasteiger partial charge in [0.15, 0.2) is 0 Å². The average Bonchev–Trinajstić information content (AvgIpc) is 2.37. The summed E-state index contributed by atoms with van der Waals surface area (Å²) in [5, 5.41) is 12.7. The molecular weight excluding hydrogens is 522 g/mol. The molecule has 0 saturated carbocycles. The molecule has 0 radical (unpaired) electrons. The SMILES string of the molecule is O=C(Nc1ccc(Br)cc1Br)c1cc(Br)cc(Br)c1O. The van der Waals surface area contributed by atoms with Crippen LogP contribution in [0.15, 0.2) is 48.2 Å². The molecule has 0 aliphatic rings. The van der Waals surface area contributed by atoms with Crippen molar-refractivity contribution >= 4 is 75.3 Å². The number of anilines is 1. The minimum absolute atomic E-state index is 0.0982. The molecule has 2 N–H and O–H groups in total. The van der Waals surface area contributed by atoms with E-state index in [1.165, 1.54) is 0 Å². The van der Waals surface area contributed by atoms with E-state index in [1.54, 1.807) is 18.2 Å². The van der Waals surface area contributed by atoms with Gasteiger partial charge in [0.2, 0.25) is 0 Å². The number of phenols is 1. The third-order valence-corrected chi connectivity index (χ3v) is 4.66. The summed E-state index contributed by atoms with van der Waals surface area (Å²) in [6, 6.07) is 8.63. The molecule has 0 spiro atoms. The number of hydrogen-bond donors (Lipinski definition) is 2. The number of hydrogen-bond acceptors (Lipinski definition) is 2. The lowest BCUT2D eigenvalue weighted by molar-refractivity contribution is 0.102. The van der Waals surface area contributed by atoms with Crippen LogP contribution < -0.4 is 5.32 Å². The van der Waals surface area contributed by atoms with Gasteiger partial charge in [0.1, 0.15) is 5.75 Å². The summed E-state index contributed by atoms with van der Waals surface area (Å²) >= 11 is 13.2. The molecular formula is C13H7Br4NO2. The van der Waals surface area contributed by atoms with Crippen molar-refractivity contribution in [2.75, 3.05) is 5.32 Å². The molecule has 20 heavy (non-hydrogen) atoms. The maximum atomic E-state index is 12.2. The average molecular weight is 529 g/mol. The van der Waals surface area contributed by atoms with E-state index in [0.717, 1.165) is 8.95 Å². The Balaban J connectivity index is 2.33. The van der Waals surface area contributed by atoms with Crippen LogP contribution in [0.3, 0.4) is 0 Å². The maximum Gasteiger partial charge on any atom is 0.259 e. The van der Waals surface area contributed by atoms with Crippen molar-refractivity contribution in [3.05, 3.63) is 53.8 Å². The van der Waals surface area contributed by atoms with Crippen molar-refractivity contribution < 1.29 is 9.90 Å². The predicted molar refractivity (Wildman–Crippen MR) is 93.3 cm³/mol. The lowest BCUT2D eigenvalue weighted by Gasteiger charge is -2.10. The molecule has 2 aromatic carbocycles. The summed E-state index contributed by atoms with van der Waals surface area (Å²) in [6.07, 6.45) is 0. The summed E-state index contributed by atoms with van der Waals surface area (Å²) in [5.41, 5.74) is 0.801. The van der Waals surface area contributed by atoms with E-state index in [4.69, 9.17) is 0 Å². The second-order valence-electron chi connectivity index (χ2n) is 3.86. The minimum atomic E-state index is -0.396. The Hall–Kier alpha value is -0.370. The van der Waals surface area contributed by atoms with Gasteiger partial charge < -0.3 is 10.4 Å². The molecule has 0 fully saturated rings. The summed E-state index contributed by atoms with van der Waals surface area (Å²) < 4.78 is 2.79. The Morgan fingerprint density at radius 3 is 2.25 bits per heavy atom. The van der Waals surface area contributed by atoms with E-state index in [9.17, 15) is 9.90 Å². The van der Waals surface area contributed by atoms with Crippen LogP contribution in [0.2, 0.25) is 0 Å². The molecule has 0 unspecified atom stereocenters. The molecule has 7 heteroatoms. The van der Waals surface area contributed by atoms with E-state index in [2.05, 4.69) is 69.0 Å². The largest absolute Gasteiger partial charge is 0.506 e. The Morgan fingerprint density at radius 2 is 1.60 bits per heavy atom. The summed E-state index contributed by atoms with van der Waals surface area (Å²) in [5.74, 6) is -0.494. The highest BCUT2D eigenvalue weighted by Crippen LogP contribution is 2.33. The first-order valence-electron chi connectivity index (χ1n) is 5.33. The minimum Gasteiger partial charge on any atom is -0.506 e. The van der Waals surface area contributed by atoms with Gasteiger partial charge in [-0.05, 0) is 62.2 Å². The Morgan fingerprint density at radius 1 is 0.950 bits per heavy atom. The fraction of sp³-hybridized carbons (Fsp3) is 0. The van der Waals surface area contributed by atoms with Crippen LogP contribution in [0, 0.1) is 0 Å². The zero-order chi connectivity index (χ0) is 14.9. The van der Waals surface area contributed by atoms with Gasteiger partial charge in [-0.1, -0.05) is 31.9 Å². The van der Waals surface area contributed by atoms with Gasteiger partial charge in [0.05, 0.1) is 15.7 Å². The number of phenolic OH excluding ortho intramolecular Hbond substituents is 1. The maximum absolute atomic E-state index is 12.2. The lowest BCUT2D eigenvalue weighted by Crippen LogP contribution is -2.12. The number of halogens is 4. The molecule has 2 rings (SSSR count). The number of carbonyl (C=O) groups is 1. The number of amides is 1. The van der Waals surface area contributed by atoms with Crippen molar-refractivity contribution in [1.82, 2.24) is 0 Å². The number of aromatic hydroxyl groups is 1. The van der Waals surface area contributed by atoms with Crippen molar-refractivity contribution in [3.63, 3.8) is 0 Å². The molecule has 1 amide bonds. The quantitative estimate of drug-likeness (QED) is 0.526. The number of benzene rings is 2. The lowest BCUT2D eigenvalue weighted by atomic mass is 10.2. The second kappa shape index (κ2) is 6.60. The molecule has 3 nitrogen and oxygen atoms in total. The van der Waals surface area contributed by atoms with Gasteiger partial charge in [-0.2, -0.15) is 0 Å². The molecule has 0 bridgehead atoms. The van der Waals surface area contributed by atoms with Gasteiger partial charge in [-0.15, -0.1) is 0 Å². The Bertz CT molecular complexity index is 688. The topological polar surface area (TPSA) is 49.3 Å². The number of nitrogens with one attached hydrogen (secondary N) is 1. The Labute approximate surface area is 149 Å². The van der Waals surface area contributed by atoms with Crippen LogP contribution in [-0.2, 0) is 0 Å². The van der Waals surface area contributed by atoms with E-state index in [1.807, 2.05) is 12.1 Å². The zero-order valence-electron chi connectivity index (χ0n) is 9.75. The summed E-state index contributed by atoms with van der Waals surface area (Å²) in [4.78, 5) is 12.2. The van der Waals surface area contributed by atoms with Gasteiger partial charge in [-0.25, -0.2) is 0 Å². The van der Waals surface area contributed by atoms with Crippen LogP contribution in [0.25, 0.3) is 0 Å². The van der Waals surface area contributed by atoms with Crippen molar-refractivity contribution in [2.45, 2.75) is 0 Å². The molecule has 104 valence electrons. The molecule has 2 aromatic rings. The number of rotatable bonds is 2. The zero-order valence-corrected chi connectivity index (χ0v) is 16.1.